The Kier molecular flexibility index (Phi) is 2.78. The lowest BCUT2D eigenvalue weighted by Crippen LogP contribution is -2.52. The highest BCUT2D eigenvalue weighted by atomic mass is 16.5. The highest BCUT2D eigenvalue weighted by molar-refractivity contribution is 5.65. The molecule has 3 rings (SSSR count). The van der Waals surface area contributed by atoms with Crippen LogP contribution in [0.15, 0.2) is 0 Å². The van der Waals surface area contributed by atoms with Crippen LogP contribution < -0.4 is 0 Å². The van der Waals surface area contributed by atoms with E-state index < -0.39 is 0 Å². The molecule has 0 heterocycles. The molecular formula is C13H22O2. The van der Waals surface area contributed by atoms with Crippen LogP contribution in [0.2, 0.25) is 0 Å². The fraction of sp³-hybridized carbons (Fsp3) is 0.923. The summed E-state index contributed by atoms with van der Waals surface area (Å²) in [4.78, 5) is 10.7. The van der Waals surface area contributed by atoms with Crippen LogP contribution >= 0.6 is 0 Å². The molecule has 0 radical (unpaired) electrons. The van der Waals surface area contributed by atoms with E-state index in [1.54, 1.807) is 0 Å². The second kappa shape index (κ2) is 3.80. The van der Waals surface area contributed by atoms with Crippen LogP contribution in [0.5, 0.6) is 0 Å². The lowest BCUT2D eigenvalue weighted by molar-refractivity contribution is -0.144. The molecule has 3 fully saturated rings. The van der Waals surface area contributed by atoms with Gasteiger partial charge in [-0.25, -0.2) is 0 Å². The Hall–Kier alpha value is -0.530. The predicted octanol–water partition coefficient (Wildman–Crippen LogP) is 3.01. The number of carbonyl (C=O) groups is 1. The standard InChI is InChI=1S/C13H22O2/c1-9(14)15-7-6-10-4-5-11-8-12(10)13(11,2)3/h10-12H,4-8H2,1-3H3. The van der Waals surface area contributed by atoms with Crippen molar-refractivity contribution >= 4 is 5.97 Å². The van der Waals surface area contributed by atoms with Gasteiger partial charge in [0.1, 0.15) is 0 Å². The summed E-state index contributed by atoms with van der Waals surface area (Å²) in [7, 11) is 0. The van der Waals surface area contributed by atoms with E-state index in [-0.39, 0.29) is 5.97 Å². The minimum absolute atomic E-state index is 0.142. The summed E-state index contributed by atoms with van der Waals surface area (Å²) < 4.78 is 5.04. The SMILES string of the molecule is CC(=O)OCCC1CCC2CC1C2(C)C. The van der Waals surface area contributed by atoms with E-state index in [4.69, 9.17) is 4.74 Å². The lowest BCUT2D eigenvalue weighted by atomic mass is 9.45. The maximum Gasteiger partial charge on any atom is 0.302 e. The Morgan fingerprint density at radius 3 is 2.67 bits per heavy atom. The molecule has 3 unspecified atom stereocenters. The van der Waals surface area contributed by atoms with Gasteiger partial charge in [0.25, 0.3) is 0 Å². The van der Waals surface area contributed by atoms with Crippen molar-refractivity contribution in [3.05, 3.63) is 0 Å². The summed E-state index contributed by atoms with van der Waals surface area (Å²) in [6, 6.07) is 0. The summed E-state index contributed by atoms with van der Waals surface area (Å²) >= 11 is 0. The molecule has 0 aliphatic heterocycles. The first kappa shape index (κ1) is 11.0. The first-order valence-corrected chi connectivity index (χ1v) is 6.15. The second-order valence-electron chi connectivity index (χ2n) is 5.83. The molecule has 0 aromatic heterocycles. The van der Waals surface area contributed by atoms with Crippen LogP contribution in [0.1, 0.15) is 46.5 Å². The highest BCUT2D eigenvalue weighted by Crippen LogP contribution is 2.61. The molecular weight excluding hydrogens is 188 g/mol. The van der Waals surface area contributed by atoms with Gasteiger partial charge >= 0.3 is 5.97 Å². The first-order valence-electron chi connectivity index (χ1n) is 6.15. The van der Waals surface area contributed by atoms with E-state index in [9.17, 15) is 4.79 Å². The van der Waals surface area contributed by atoms with Gasteiger partial charge in [-0.3, -0.25) is 4.79 Å². The molecule has 0 amide bonds. The van der Waals surface area contributed by atoms with Gasteiger partial charge in [0.15, 0.2) is 0 Å². The Bertz CT molecular complexity index is 255. The van der Waals surface area contributed by atoms with Crippen LogP contribution in [-0.4, -0.2) is 12.6 Å². The molecule has 3 saturated carbocycles. The van der Waals surface area contributed by atoms with Crippen molar-refractivity contribution in [2.45, 2.75) is 46.5 Å². The monoisotopic (exact) mass is 210 g/mol. The normalized spacial score (nSPS) is 36.9. The van der Waals surface area contributed by atoms with Crippen LogP contribution in [0, 0.1) is 23.2 Å². The number of hydrogen-bond acceptors (Lipinski definition) is 2. The van der Waals surface area contributed by atoms with E-state index in [1.807, 2.05) is 0 Å². The number of ether oxygens (including phenoxy) is 1. The molecule has 15 heavy (non-hydrogen) atoms. The zero-order valence-electron chi connectivity index (χ0n) is 10.1. The topological polar surface area (TPSA) is 26.3 Å². The van der Waals surface area contributed by atoms with E-state index in [1.165, 1.54) is 26.2 Å². The summed E-state index contributed by atoms with van der Waals surface area (Å²) in [5.74, 6) is 2.50. The zero-order chi connectivity index (χ0) is 11.1. The first-order chi connectivity index (χ1) is 7.01. The molecule has 0 aromatic carbocycles. The number of rotatable bonds is 3. The molecule has 3 aliphatic carbocycles. The molecule has 0 N–H and O–H groups in total. The third-order valence-corrected chi connectivity index (χ3v) is 4.80. The molecule has 0 saturated heterocycles. The summed E-state index contributed by atoms with van der Waals surface area (Å²) in [5, 5.41) is 0. The summed E-state index contributed by atoms with van der Waals surface area (Å²) in [6.07, 6.45) is 5.21. The van der Waals surface area contributed by atoms with Gasteiger partial charge in [0, 0.05) is 6.92 Å². The Morgan fingerprint density at radius 2 is 2.13 bits per heavy atom. The molecule has 2 bridgehead atoms. The van der Waals surface area contributed by atoms with Gasteiger partial charge < -0.3 is 4.74 Å². The molecule has 3 atom stereocenters. The van der Waals surface area contributed by atoms with Crippen LogP contribution in [0.4, 0.5) is 0 Å². The Balaban J connectivity index is 1.81. The largest absolute Gasteiger partial charge is 0.466 e. The van der Waals surface area contributed by atoms with Gasteiger partial charge in [-0.1, -0.05) is 13.8 Å². The smallest absolute Gasteiger partial charge is 0.302 e. The fourth-order valence-electron chi connectivity index (χ4n) is 3.66. The fourth-order valence-corrected chi connectivity index (χ4v) is 3.66. The average Bonchev–Trinajstić information content (AvgIpc) is 2.17. The zero-order valence-corrected chi connectivity index (χ0v) is 10.1. The Morgan fingerprint density at radius 1 is 1.40 bits per heavy atom. The van der Waals surface area contributed by atoms with Gasteiger partial charge in [-0.15, -0.1) is 0 Å². The van der Waals surface area contributed by atoms with E-state index in [0.717, 1.165) is 24.2 Å². The van der Waals surface area contributed by atoms with Crippen LogP contribution in [-0.2, 0) is 9.53 Å². The number of hydrogen-bond donors (Lipinski definition) is 0. The molecule has 2 nitrogen and oxygen atoms in total. The maximum atomic E-state index is 10.7. The number of carbonyl (C=O) groups excluding carboxylic acids is 1. The van der Waals surface area contributed by atoms with E-state index in [0.29, 0.717) is 12.0 Å². The van der Waals surface area contributed by atoms with Crippen molar-refractivity contribution in [1.29, 1.82) is 0 Å². The lowest BCUT2D eigenvalue weighted by Gasteiger charge is -2.60. The van der Waals surface area contributed by atoms with Crippen molar-refractivity contribution in [1.82, 2.24) is 0 Å². The highest BCUT2D eigenvalue weighted by Gasteiger charge is 2.53. The van der Waals surface area contributed by atoms with Crippen molar-refractivity contribution in [2.24, 2.45) is 23.2 Å². The minimum Gasteiger partial charge on any atom is -0.466 e. The van der Waals surface area contributed by atoms with Gasteiger partial charge in [0.05, 0.1) is 6.61 Å². The van der Waals surface area contributed by atoms with Crippen molar-refractivity contribution in [2.75, 3.05) is 6.61 Å². The molecule has 0 aromatic rings. The van der Waals surface area contributed by atoms with Gasteiger partial charge in [-0.2, -0.15) is 0 Å². The van der Waals surface area contributed by atoms with E-state index in [2.05, 4.69) is 13.8 Å². The molecule has 0 spiro atoms. The van der Waals surface area contributed by atoms with Crippen molar-refractivity contribution in [3.63, 3.8) is 0 Å². The van der Waals surface area contributed by atoms with Gasteiger partial charge in [-0.05, 0) is 48.9 Å². The second-order valence-corrected chi connectivity index (χ2v) is 5.83. The quantitative estimate of drug-likeness (QED) is 0.669. The third-order valence-electron chi connectivity index (χ3n) is 4.80. The van der Waals surface area contributed by atoms with Crippen LogP contribution in [0.3, 0.4) is 0 Å². The van der Waals surface area contributed by atoms with Crippen molar-refractivity contribution < 1.29 is 9.53 Å². The molecule has 3 aliphatic rings. The Labute approximate surface area is 92.4 Å². The summed E-state index contributed by atoms with van der Waals surface area (Å²) in [6.45, 7) is 6.93. The molecule has 86 valence electrons. The van der Waals surface area contributed by atoms with Gasteiger partial charge in [0.2, 0.25) is 0 Å². The average molecular weight is 210 g/mol. The van der Waals surface area contributed by atoms with Crippen molar-refractivity contribution in [3.8, 4) is 0 Å². The third kappa shape index (κ3) is 1.91. The van der Waals surface area contributed by atoms with E-state index >= 15 is 0 Å². The van der Waals surface area contributed by atoms with Crippen LogP contribution in [0.25, 0.3) is 0 Å². The number of esters is 1. The number of fused-ring (bicyclic) bond motifs is 2. The molecule has 2 heteroatoms. The summed E-state index contributed by atoms with van der Waals surface area (Å²) in [5.41, 5.74) is 0.555. The maximum absolute atomic E-state index is 10.7. The predicted molar refractivity (Wildman–Crippen MR) is 59.4 cm³/mol. The minimum atomic E-state index is -0.142.